The van der Waals surface area contributed by atoms with Gasteiger partial charge in [-0.25, -0.2) is 4.79 Å². The Morgan fingerprint density at radius 1 is 1.12 bits per heavy atom. The van der Waals surface area contributed by atoms with Gasteiger partial charge >= 0.3 is 11.7 Å². The molecule has 9 heteroatoms. The molecular formula is C25H20N4O5. The van der Waals surface area contributed by atoms with E-state index in [-0.39, 0.29) is 12.4 Å². The monoisotopic (exact) mass is 456 g/mol. The number of urea groups is 1. The van der Waals surface area contributed by atoms with Crippen LogP contribution in [-0.4, -0.2) is 22.7 Å². The van der Waals surface area contributed by atoms with Crippen molar-refractivity contribution >= 4 is 23.0 Å². The Labute approximate surface area is 195 Å². The van der Waals surface area contributed by atoms with E-state index in [1.165, 1.54) is 12.1 Å². The van der Waals surface area contributed by atoms with Gasteiger partial charge < -0.3 is 20.5 Å². The number of nitrogens with zero attached hydrogens (tertiary/aromatic N) is 2. The molecule has 1 unspecified atom stereocenters. The summed E-state index contributed by atoms with van der Waals surface area (Å²) in [4.78, 5) is 23.6. The average molecular weight is 456 g/mol. The third-order valence-corrected chi connectivity index (χ3v) is 5.37. The Hall–Kier alpha value is -4.84. The molecule has 1 atom stereocenters. The van der Waals surface area contributed by atoms with Crippen molar-refractivity contribution in [3.8, 4) is 17.6 Å². The molecule has 0 aliphatic carbocycles. The highest BCUT2D eigenvalue weighted by Crippen LogP contribution is 2.44. The van der Waals surface area contributed by atoms with E-state index in [1.807, 2.05) is 30.3 Å². The maximum Gasteiger partial charge on any atom is 0.320 e. The topological polar surface area (TPSA) is 138 Å². The summed E-state index contributed by atoms with van der Waals surface area (Å²) in [6.45, 7) is 1.88. The van der Waals surface area contributed by atoms with Crippen molar-refractivity contribution in [3.05, 3.63) is 99.1 Å². The first-order valence-corrected chi connectivity index (χ1v) is 10.4. The first kappa shape index (κ1) is 22.4. The quantitative estimate of drug-likeness (QED) is 0.369. The standard InChI is InChI=1S/C25H20N4O5/c1-2-34-20-13-18(12-19(24(20)30)29(32)33)23-21(16-10-8-15(14-26)9-11-16)22(27-25(31)28-23)17-6-4-3-5-7-17/h3-13,23,30H,2H2,1H3,(H2,27,28,31). The molecule has 2 amide bonds. The number of benzene rings is 3. The number of aromatic hydroxyl groups is 1. The van der Waals surface area contributed by atoms with Crippen molar-refractivity contribution in [1.29, 1.82) is 5.26 Å². The lowest BCUT2D eigenvalue weighted by atomic mass is 9.87. The third-order valence-electron chi connectivity index (χ3n) is 5.37. The number of hydrogen-bond donors (Lipinski definition) is 3. The molecule has 0 spiro atoms. The molecule has 9 nitrogen and oxygen atoms in total. The summed E-state index contributed by atoms with van der Waals surface area (Å²) in [5.41, 5.74) is 2.88. The summed E-state index contributed by atoms with van der Waals surface area (Å²) in [7, 11) is 0. The lowest BCUT2D eigenvalue weighted by Crippen LogP contribution is -2.43. The molecule has 3 aromatic rings. The van der Waals surface area contributed by atoms with Gasteiger partial charge in [0, 0.05) is 11.6 Å². The summed E-state index contributed by atoms with van der Waals surface area (Å²) in [5, 5.41) is 36.8. The molecule has 3 aromatic carbocycles. The number of hydrogen-bond acceptors (Lipinski definition) is 6. The van der Waals surface area contributed by atoms with E-state index in [0.29, 0.717) is 28.0 Å². The highest BCUT2D eigenvalue weighted by Gasteiger charge is 2.33. The van der Waals surface area contributed by atoms with Crippen LogP contribution in [0, 0.1) is 21.4 Å². The molecule has 1 heterocycles. The van der Waals surface area contributed by atoms with Crippen LogP contribution in [0.15, 0.2) is 66.7 Å². The predicted octanol–water partition coefficient (Wildman–Crippen LogP) is 4.49. The van der Waals surface area contributed by atoms with Crippen LogP contribution in [0.4, 0.5) is 10.5 Å². The first-order chi connectivity index (χ1) is 16.4. The predicted molar refractivity (Wildman–Crippen MR) is 125 cm³/mol. The number of phenols is 1. The SMILES string of the molecule is CCOc1cc(C2NC(=O)NC(c3ccccc3)=C2c2ccc(C#N)cc2)cc([N+](=O)[O-])c1O. The van der Waals surface area contributed by atoms with E-state index < -0.39 is 28.4 Å². The highest BCUT2D eigenvalue weighted by molar-refractivity contribution is 6.03. The van der Waals surface area contributed by atoms with Gasteiger partial charge in [-0.15, -0.1) is 0 Å². The number of phenolic OH excluding ortho intramolecular Hbond substituents is 1. The Bertz CT molecular complexity index is 1330. The maximum absolute atomic E-state index is 12.7. The van der Waals surface area contributed by atoms with Crippen LogP contribution < -0.4 is 15.4 Å². The molecule has 0 aromatic heterocycles. The number of amides is 2. The van der Waals surface area contributed by atoms with E-state index in [4.69, 9.17) is 4.74 Å². The van der Waals surface area contributed by atoms with Crippen LogP contribution in [0.3, 0.4) is 0 Å². The fourth-order valence-electron chi connectivity index (χ4n) is 3.87. The van der Waals surface area contributed by atoms with Crippen molar-refractivity contribution in [1.82, 2.24) is 10.6 Å². The number of nitro groups is 1. The third kappa shape index (κ3) is 4.25. The van der Waals surface area contributed by atoms with Gasteiger partial charge in [-0.05, 0) is 41.8 Å². The molecule has 0 fully saturated rings. The molecule has 1 aliphatic heterocycles. The zero-order valence-corrected chi connectivity index (χ0v) is 18.1. The lowest BCUT2D eigenvalue weighted by Gasteiger charge is -2.31. The Balaban J connectivity index is 1.99. The molecule has 0 radical (unpaired) electrons. The van der Waals surface area contributed by atoms with Crippen LogP contribution in [0.25, 0.3) is 11.3 Å². The zero-order valence-electron chi connectivity index (χ0n) is 18.1. The number of carbonyl (C=O) groups is 1. The van der Waals surface area contributed by atoms with Gasteiger partial charge in [-0.3, -0.25) is 10.1 Å². The zero-order chi connectivity index (χ0) is 24.2. The smallest absolute Gasteiger partial charge is 0.320 e. The summed E-state index contributed by atoms with van der Waals surface area (Å²) in [6, 6.07) is 19.5. The van der Waals surface area contributed by atoms with E-state index in [0.717, 1.165) is 5.56 Å². The molecule has 0 saturated heterocycles. The van der Waals surface area contributed by atoms with E-state index in [9.17, 15) is 25.3 Å². The van der Waals surface area contributed by atoms with Crippen molar-refractivity contribution in [2.75, 3.05) is 6.61 Å². The molecular weight excluding hydrogens is 436 g/mol. The summed E-state index contributed by atoms with van der Waals surface area (Å²) in [6.07, 6.45) is 0. The van der Waals surface area contributed by atoms with Crippen LogP contribution >= 0.6 is 0 Å². The van der Waals surface area contributed by atoms with E-state index >= 15 is 0 Å². The number of nitrogens with one attached hydrogen (secondary N) is 2. The minimum absolute atomic E-state index is 0.0556. The van der Waals surface area contributed by atoms with E-state index in [2.05, 4.69) is 16.7 Å². The van der Waals surface area contributed by atoms with Crippen LogP contribution in [0.2, 0.25) is 0 Å². The molecule has 170 valence electrons. The molecule has 0 saturated carbocycles. The maximum atomic E-state index is 12.7. The second-order valence-corrected chi connectivity index (χ2v) is 7.45. The van der Waals surface area contributed by atoms with Crippen molar-refractivity contribution < 1.29 is 19.6 Å². The number of rotatable bonds is 6. The average Bonchev–Trinajstić information content (AvgIpc) is 2.85. The van der Waals surface area contributed by atoms with Gasteiger partial charge in [0.1, 0.15) is 0 Å². The summed E-state index contributed by atoms with van der Waals surface area (Å²) in [5.74, 6) is -0.636. The number of ether oxygens (including phenoxy) is 1. The normalized spacial score (nSPS) is 15.2. The van der Waals surface area contributed by atoms with Crippen molar-refractivity contribution in [3.63, 3.8) is 0 Å². The Kier molecular flexibility index (Phi) is 6.14. The fraction of sp³-hybridized carbons (Fsp3) is 0.120. The van der Waals surface area contributed by atoms with Gasteiger partial charge in [0.15, 0.2) is 5.75 Å². The summed E-state index contributed by atoms with van der Waals surface area (Å²) >= 11 is 0. The van der Waals surface area contributed by atoms with Gasteiger partial charge in [0.25, 0.3) is 0 Å². The number of nitro benzene ring substituents is 1. The molecule has 34 heavy (non-hydrogen) atoms. The first-order valence-electron chi connectivity index (χ1n) is 10.4. The Morgan fingerprint density at radius 3 is 2.44 bits per heavy atom. The van der Waals surface area contributed by atoms with Crippen LogP contribution in [-0.2, 0) is 0 Å². The summed E-state index contributed by atoms with van der Waals surface area (Å²) < 4.78 is 5.43. The second kappa shape index (κ2) is 9.34. The van der Waals surface area contributed by atoms with Gasteiger partial charge in [0.05, 0.1) is 34.9 Å². The van der Waals surface area contributed by atoms with Crippen molar-refractivity contribution in [2.45, 2.75) is 13.0 Å². The lowest BCUT2D eigenvalue weighted by molar-refractivity contribution is -0.386. The van der Waals surface area contributed by atoms with Gasteiger partial charge in [-0.2, -0.15) is 5.26 Å². The molecule has 3 N–H and O–H groups in total. The van der Waals surface area contributed by atoms with Crippen LogP contribution in [0.5, 0.6) is 11.5 Å². The molecule has 1 aliphatic rings. The minimum Gasteiger partial charge on any atom is -0.500 e. The Morgan fingerprint density at radius 2 is 1.82 bits per heavy atom. The molecule has 4 rings (SSSR count). The van der Waals surface area contributed by atoms with Gasteiger partial charge in [-0.1, -0.05) is 42.5 Å². The van der Waals surface area contributed by atoms with Gasteiger partial charge in [0.2, 0.25) is 5.75 Å². The fourth-order valence-corrected chi connectivity index (χ4v) is 3.87. The van der Waals surface area contributed by atoms with Crippen LogP contribution in [0.1, 0.15) is 35.2 Å². The number of nitriles is 1. The number of carbonyl (C=O) groups excluding carboxylic acids is 1. The second-order valence-electron chi connectivity index (χ2n) is 7.45. The van der Waals surface area contributed by atoms with E-state index in [1.54, 1.807) is 31.2 Å². The highest BCUT2D eigenvalue weighted by atomic mass is 16.6. The van der Waals surface area contributed by atoms with Crippen molar-refractivity contribution in [2.24, 2.45) is 0 Å². The minimum atomic E-state index is -0.810. The molecule has 0 bridgehead atoms. The largest absolute Gasteiger partial charge is 0.500 e.